The molecule has 0 aliphatic carbocycles. The molecular weight excluding hydrogens is 247 g/mol. The number of benzene rings is 1. The normalized spacial score (nSPS) is 12.2. The first kappa shape index (κ1) is 15.4. The average molecular weight is 268 g/mol. The summed E-state index contributed by atoms with van der Waals surface area (Å²) >= 11 is 0. The van der Waals surface area contributed by atoms with E-state index in [-0.39, 0.29) is 5.69 Å². The number of nitrogens with one attached hydrogen (secondary N) is 1. The van der Waals surface area contributed by atoms with Gasteiger partial charge in [0.25, 0.3) is 5.69 Å². The van der Waals surface area contributed by atoms with Crippen molar-refractivity contribution in [3.63, 3.8) is 0 Å². The molecule has 0 saturated carbocycles. The lowest BCUT2D eigenvalue weighted by Gasteiger charge is -2.16. The molecular formula is C14H21FN2O2. The smallest absolute Gasteiger partial charge is 0.272 e. The van der Waals surface area contributed by atoms with Crippen molar-refractivity contribution in [3.8, 4) is 0 Å². The van der Waals surface area contributed by atoms with Crippen molar-refractivity contribution in [2.24, 2.45) is 5.92 Å². The Kier molecular flexibility index (Phi) is 6.25. The van der Waals surface area contributed by atoms with E-state index >= 15 is 0 Å². The topological polar surface area (TPSA) is 55.2 Å². The van der Waals surface area contributed by atoms with Crippen LogP contribution in [-0.2, 0) is 0 Å². The summed E-state index contributed by atoms with van der Waals surface area (Å²) in [4.78, 5) is 9.92. The fourth-order valence-electron chi connectivity index (χ4n) is 1.96. The van der Waals surface area contributed by atoms with Gasteiger partial charge >= 0.3 is 0 Å². The summed E-state index contributed by atoms with van der Waals surface area (Å²) in [6, 6.07) is 3.70. The zero-order valence-electron chi connectivity index (χ0n) is 11.5. The summed E-state index contributed by atoms with van der Waals surface area (Å²) in [6.07, 6.45) is 4.49. The van der Waals surface area contributed by atoms with Crippen molar-refractivity contribution in [3.05, 3.63) is 34.1 Å². The highest BCUT2D eigenvalue weighted by Crippen LogP contribution is 2.21. The molecule has 1 rings (SSSR count). The Hall–Kier alpha value is -1.65. The van der Waals surface area contributed by atoms with E-state index in [0.29, 0.717) is 18.2 Å². The highest BCUT2D eigenvalue weighted by Gasteiger charge is 2.12. The molecule has 0 aliphatic rings. The molecule has 19 heavy (non-hydrogen) atoms. The van der Waals surface area contributed by atoms with Crippen molar-refractivity contribution < 1.29 is 9.31 Å². The van der Waals surface area contributed by atoms with Gasteiger partial charge in [0, 0.05) is 12.6 Å². The van der Waals surface area contributed by atoms with E-state index in [9.17, 15) is 14.5 Å². The second-order valence-electron chi connectivity index (χ2n) is 4.72. The number of unbranched alkanes of at least 4 members (excludes halogenated alkanes) is 1. The number of nitrogens with zero attached hydrogens (tertiary/aromatic N) is 1. The van der Waals surface area contributed by atoms with Gasteiger partial charge in [-0.15, -0.1) is 0 Å². The van der Waals surface area contributed by atoms with Crippen molar-refractivity contribution in [2.45, 2.75) is 39.5 Å². The Balaban J connectivity index is 2.59. The Bertz CT molecular complexity index is 424. The van der Waals surface area contributed by atoms with Crippen LogP contribution in [0.3, 0.4) is 0 Å². The van der Waals surface area contributed by atoms with Crippen molar-refractivity contribution in [1.29, 1.82) is 0 Å². The van der Waals surface area contributed by atoms with Gasteiger partial charge in [0.05, 0.1) is 16.7 Å². The highest BCUT2D eigenvalue weighted by atomic mass is 19.1. The van der Waals surface area contributed by atoms with E-state index in [4.69, 9.17) is 0 Å². The molecule has 0 amide bonds. The average Bonchev–Trinajstić information content (AvgIpc) is 2.40. The monoisotopic (exact) mass is 268 g/mol. The van der Waals surface area contributed by atoms with Crippen LogP contribution in [0.25, 0.3) is 0 Å². The summed E-state index contributed by atoms with van der Waals surface area (Å²) in [5.41, 5.74) is 0.113. The highest BCUT2D eigenvalue weighted by molar-refractivity contribution is 5.50. The molecule has 0 spiro atoms. The first-order chi connectivity index (χ1) is 9.08. The number of rotatable bonds is 8. The van der Waals surface area contributed by atoms with Gasteiger partial charge in [0.2, 0.25) is 0 Å². The fraction of sp³-hybridized carbons (Fsp3) is 0.571. The molecule has 0 fully saturated rings. The maximum atomic E-state index is 13.6. The fourth-order valence-corrected chi connectivity index (χ4v) is 1.96. The SMILES string of the molecule is CCCCC(CC)CNc1ccc([N+](=O)[O-])cc1F. The predicted molar refractivity (Wildman–Crippen MR) is 74.9 cm³/mol. The summed E-state index contributed by atoms with van der Waals surface area (Å²) in [5.74, 6) is -0.0610. The molecule has 0 aromatic heterocycles. The molecule has 1 aromatic carbocycles. The molecule has 0 aliphatic heterocycles. The van der Waals surface area contributed by atoms with E-state index in [1.807, 2.05) is 0 Å². The number of hydrogen-bond acceptors (Lipinski definition) is 3. The minimum absolute atomic E-state index is 0.221. The minimum atomic E-state index is -0.594. The summed E-state index contributed by atoms with van der Waals surface area (Å²) in [7, 11) is 0. The lowest BCUT2D eigenvalue weighted by molar-refractivity contribution is -0.385. The van der Waals surface area contributed by atoms with Crippen LogP contribution in [0.2, 0.25) is 0 Å². The number of halogens is 1. The summed E-state index contributed by atoms with van der Waals surface area (Å²) in [5, 5.41) is 13.6. The largest absolute Gasteiger partial charge is 0.382 e. The maximum Gasteiger partial charge on any atom is 0.272 e. The molecule has 5 heteroatoms. The van der Waals surface area contributed by atoms with E-state index < -0.39 is 10.7 Å². The van der Waals surface area contributed by atoms with E-state index in [0.717, 1.165) is 25.3 Å². The zero-order valence-corrected chi connectivity index (χ0v) is 11.5. The lowest BCUT2D eigenvalue weighted by Crippen LogP contribution is -2.14. The van der Waals surface area contributed by atoms with E-state index in [1.165, 1.54) is 18.6 Å². The first-order valence-corrected chi connectivity index (χ1v) is 6.76. The van der Waals surface area contributed by atoms with Gasteiger partial charge in [-0.05, 0) is 18.4 Å². The molecule has 4 nitrogen and oxygen atoms in total. The van der Waals surface area contributed by atoms with Gasteiger partial charge in [-0.25, -0.2) is 4.39 Å². The van der Waals surface area contributed by atoms with Crippen LogP contribution >= 0.6 is 0 Å². The third-order valence-corrected chi connectivity index (χ3v) is 3.29. The molecule has 1 atom stereocenters. The molecule has 1 aromatic rings. The lowest BCUT2D eigenvalue weighted by atomic mass is 9.99. The minimum Gasteiger partial charge on any atom is -0.382 e. The number of nitro groups is 1. The molecule has 106 valence electrons. The van der Waals surface area contributed by atoms with Gasteiger partial charge < -0.3 is 5.32 Å². The number of nitro benzene ring substituents is 1. The van der Waals surface area contributed by atoms with Crippen LogP contribution in [0.4, 0.5) is 15.8 Å². The third kappa shape index (κ3) is 4.85. The maximum absolute atomic E-state index is 13.6. The van der Waals surface area contributed by atoms with Crippen LogP contribution in [0.1, 0.15) is 39.5 Å². The molecule has 1 N–H and O–H groups in total. The van der Waals surface area contributed by atoms with Crippen molar-refractivity contribution in [1.82, 2.24) is 0 Å². The van der Waals surface area contributed by atoms with E-state index in [2.05, 4.69) is 19.2 Å². The first-order valence-electron chi connectivity index (χ1n) is 6.76. The predicted octanol–water partition coefficient (Wildman–Crippen LogP) is 4.36. The number of non-ortho nitro benzene ring substituents is 1. The second kappa shape index (κ2) is 7.71. The Morgan fingerprint density at radius 2 is 2.16 bits per heavy atom. The summed E-state index contributed by atoms with van der Waals surface area (Å²) < 4.78 is 13.6. The second-order valence-corrected chi connectivity index (χ2v) is 4.72. The van der Waals surface area contributed by atoms with Gasteiger partial charge in [-0.2, -0.15) is 0 Å². The van der Waals surface area contributed by atoms with Crippen molar-refractivity contribution >= 4 is 11.4 Å². The summed E-state index contributed by atoms with van der Waals surface area (Å²) in [6.45, 7) is 4.97. The van der Waals surface area contributed by atoms with Gasteiger partial charge in [0.1, 0.15) is 0 Å². The van der Waals surface area contributed by atoms with Crippen LogP contribution in [-0.4, -0.2) is 11.5 Å². The standard InChI is InChI=1S/C14H21FN2O2/c1-3-5-6-11(4-2)10-16-14-8-7-12(17(18)19)9-13(14)15/h7-9,11,16H,3-6,10H2,1-2H3. The molecule has 0 bridgehead atoms. The number of hydrogen-bond donors (Lipinski definition) is 1. The zero-order chi connectivity index (χ0) is 14.3. The van der Waals surface area contributed by atoms with Crippen LogP contribution in [0, 0.1) is 21.8 Å². The molecule has 0 radical (unpaired) electrons. The van der Waals surface area contributed by atoms with Crippen molar-refractivity contribution in [2.75, 3.05) is 11.9 Å². The Labute approximate surface area is 113 Å². The third-order valence-electron chi connectivity index (χ3n) is 3.29. The molecule has 1 unspecified atom stereocenters. The molecule has 0 saturated heterocycles. The van der Waals surface area contributed by atoms with Gasteiger partial charge in [-0.3, -0.25) is 10.1 Å². The number of anilines is 1. The quantitative estimate of drug-likeness (QED) is 0.563. The van der Waals surface area contributed by atoms with Crippen LogP contribution < -0.4 is 5.32 Å². The van der Waals surface area contributed by atoms with Gasteiger partial charge in [-0.1, -0.05) is 33.1 Å². The van der Waals surface area contributed by atoms with E-state index in [1.54, 1.807) is 0 Å². The Morgan fingerprint density at radius 3 is 2.68 bits per heavy atom. The Morgan fingerprint density at radius 1 is 1.42 bits per heavy atom. The van der Waals surface area contributed by atoms with Gasteiger partial charge in [0.15, 0.2) is 5.82 Å². The molecule has 0 heterocycles. The van der Waals surface area contributed by atoms with Crippen LogP contribution in [0.15, 0.2) is 18.2 Å². The van der Waals surface area contributed by atoms with Crippen LogP contribution in [0.5, 0.6) is 0 Å².